The van der Waals surface area contributed by atoms with E-state index in [0.29, 0.717) is 0 Å². The average Bonchev–Trinajstić information content (AvgIpc) is 2.78. The normalized spacial score (nSPS) is 41.1. The summed E-state index contributed by atoms with van der Waals surface area (Å²) in [7, 11) is 0. The van der Waals surface area contributed by atoms with Gasteiger partial charge in [0.25, 0.3) is 0 Å². The minimum absolute atomic E-state index is 0.202. The second-order valence-corrected chi connectivity index (χ2v) is 4.75. The molecule has 90 valence electrons. The van der Waals surface area contributed by atoms with E-state index >= 15 is 0 Å². The van der Waals surface area contributed by atoms with E-state index in [-0.39, 0.29) is 6.61 Å². The molecule has 0 aromatic heterocycles. The predicted octanol–water partition coefficient (Wildman–Crippen LogP) is 0.348. The van der Waals surface area contributed by atoms with E-state index in [2.05, 4.69) is 0 Å². The molecule has 1 spiro atoms. The molecule has 16 heavy (non-hydrogen) atoms. The summed E-state index contributed by atoms with van der Waals surface area (Å²) in [5, 5.41) is 9.10. The number of carbonyl (C=O) groups is 1. The summed E-state index contributed by atoms with van der Waals surface area (Å²) in [5.41, 5.74) is 0. The Kier molecular flexibility index (Phi) is 2.42. The van der Waals surface area contributed by atoms with Crippen LogP contribution in [0.3, 0.4) is 0 Å². The van der Waals surface area contributed by atoms with Crippen molar-refractivity contribution in [1.82, 2.24) is 0 Å². The molecule has 3 atom stereocenters. The van der Waals surface area contributed by atoms with Crippen molar-refractivity contribution in [3.05, 3.63) is 0 Å². The molecule has 5 heteroatoms. The van der Waals surface area contributed by atoms with E-state index in [9.17, 15) is 4.79 Å². The third-order valence-corrected chi connectivity index (χ3v) is 3.65. The summed E-state index contributed by atoms with van der Waals surface area (Å²) in [6.07, 6.45) is 3.40. The second-order valence-electron chi connectivity index (χ2n) is 4.75. The van der Waals surface area contributed by atoms with E-state index in [0.717, 1.165) is 25.7 Å². The fraction of sp³-hybridized carbons (Fsp3) is 0.909. The molecule has 3 rings (SSSR count). The number of carbonyl (C=O) groups excluding carboxylic acids is 1. The SMILES string of the molecule is O=C1O[C@@H](CO)[C@@H]2OC3(CCCCC3)O[C@H]12. The van der Waals surface area contributed by atoms with Gasteiger partial charge < -0.3 is 19.3 Å². The zero-order chi connectivity index (χ0) is 11.2. The highest BCUT2D eigenvalue weighted by atomic mass is 16.8. The zero-order valence-corrected chi connectivity index (χ0v) is 9.05. The van der Waals surface area contributed by atoms with Gasteiger partial charge in [-0.05, 0) is 12.8 Å². The van der Waals surface area contributed by atoms with Crippen molar-refractivity contribution in [2.45, 2.75) is 56.2 Å². The van der Waals surface area contributed by atoms with Crippen LogP contribution in [0.4, 0.5) is 0 Å². The van der Waals surface area contributed by atoms with Gasteiger partial charge in [-0.1, -0.05) is 6.42 Å². The maximum atomic E-state index is 11.5. The van der Waals surface area contributed by atoms with E-state index in [1.165, 1.54) is 6.42 Å². The lowest BCUT2D eigenvalue weighted by atomic mass is 9.94. The van der Waals surface area contributed by atoms with E-state index in [4.69, 9.17) is 19.3 Å². The first-order valence-electron chi connectivity index (χ1n) is 5.91. The van der Waals surface area contributed by atoms with Gasteiger partial charge in [-0.2, -0.15) is 0 Å². The van der Waals surface area contributed by atoms with Gasteiger partial charge in [-0.25, -0.2) is 4.79 Å². The van der Waals surface area contributed by atoms with E-state index in [1.54, 1.807) is 0 Å². The zero-order valence-electron chi connectivity index (χ0n) is 9.05. The number of aliphatic hydroxyl groups is 1. The Labute approximate surface area is 93.7 Å². The molecule has 5 nitrogen and oxygen atoms in total. The number of aliphatic hydroxyl groups excluding tert-OH is 1. The molecule has 0 amide bonds. The largest absolute Gasteiger partial charge is 0.455 e. The van der Waals surface area contributed by atoms with Crippen LogP contribution in [0.25, 0.3) is 0 Å². The van der Waals surface area contributed by atoms with Crippen LogP contribution in [0, 0.1) is 0 Å². The van der Waals surface area contributed by atoms with Gasteiger partial charge in [0.2, 0.25) is 0 Å². The Hall–Kier alpha value is -0.650. The number of esters is 1. The number of rotatable bonds is 1. The lowest BCUT2D eigenvalue weighted by molar-refractivity contribution is -0.217. The molecule has 2 heterocycles. The molecule has 0 aromatic rings. The Morgan fingerprint density at radius 2 is 2.00 bits per heavy atom. The Bertz CT molecular complexity index is 297. The van der Waals surface area contributed by atoms with Crippen molar-refractivity contribution >= 4 is 5.97 Å². The fourth-order valence-electron chi connectivity index (χ4n) is 2.84. The van der Waals surface area contributed by atoms with Gasteiger partial charge in [0.15, 0.2) is 18.0 Å². The maximum absolute atomic E-state index is 11.5. The highest BCUT2D eigenvalue weighted by molar-refractivity contribution is 5.78. The van der Waals surface area contributed by atoms with Crippen LogP contribution < -0.4 is 0 Å². The van der Waals surface area contributed by atoms with Crippen molar-refractivity contribution in [3.63, 3.8) is 0 Å². The first-order valence-corrected chi connectivity index (χ1v) is 5.91. The number of hydrogen-bond acceptors (Lipinski definition) is 5. The summed E-state index contributed by atoms with van der Waals surface area (Å²) >= 11 is 0. The van der Waals surface area contributed by atoms with Crippen molar-refractivity contribution < 1.29 is 24.1 Å². The van der Waals surface area contributed by atoms with Crippen LogP contribution in [-0.2, 0) is 19.0 Å². The molecule has 0 radical (unpaired) electrons. The minimum atomic E-state index is -0.629. The predicted molar refractivity (Wildman–Crippen MR) is 52.5 cm³/mol. The number of fused-ring (bicyclic) bond motifs is 1. The van der Waals surface area contributed by atoms with Gasteiger partial charge in [-0.3, -0.25) is 0 Å². The summed E-state index contributed by atoms with van der Waals surface area (Å²) < 4.78 is 16.6. The maximum Gasteiger partial charge on any atom is 0.338 e. The summed E-state index contributed by atoms with van der Waals surface area (Å²) in [4.78, 5) is 11.5. The van der Waals surface area contributed by atoms with Crippen molar-refractivity contribution in [1.29, 1.82) is 0 Å². The van der Waals surface area contributed by atoms with Crippen LogP contribution >= 0.6 is 0 Å². The van der Waals surface area contributed by atoms with Crippen molar-refractivity contribution in [2.75, 3.05) is 6.61 Å². The van der Waals surface area contributed by atoms with E-state index in [1.807, 2.05) is 0 Å². The summed E-state index contributed by atoms with van der Waals surface area (Å²) in [6, 6.07) is 0. The molecule has 1 aliphatic carbocycles. The molecule has 0 unspecified atom stereocenters. The van der Waals surface area contributed by atoms with Gasteiger partial charge in [0.05, 0.1) is 6.61 Å². The number of ether oxygens (including phenoxy) is 3. The molecule has 1 saturated carbocycles. The molecular formula is C11H16O5. The lowest BCUT2D eigenvalue weighted by Gasteiger charge is -2.32. The first kappa shape index (κ1) is 10.5. The van der Waals surface area contributed by atoms with Crippen molar-refractivity contribution in [3.8, 4) is 0 Å². The average molecular weight is 228 g/mol. The third-order valence-electron chi connectivity index (χ3n) is 3.65. The Morgan fingerprint density at radius 1 is 1.25 bits per heavy atom. The molecule has 0 bridgehead atoms. The van der Waals surface area contributed by atoms with Crippen LogP contribution in [0.15, 0.2) is 0 Å². The summed E-state index contributed by atoms with van der Waals surface area (Å²) in [5.74, 6) is -0.980. The number of hydrogen-bond donors (Lipinski definition) is 1. The minimum Gasteiger partial charge on any atom is -0.455 e. The lowest BCUT2D eigenvalue weighted by Crippen LogP contribution is -2.37. The van der Waals surface area contributed by atoms with Gasteiger partial charge >= 0.3 is 5.97 Å². The molecule has 2 saturated heterocycles. The Morgan fingerprint density at radius 3 is 2.69 bits per heavy atom. The van der Waals surface area contributed by atoms with E-state index < -0.39 is 30.1 Å². The van der Waals surface area contributed by atoms with Crippen LogP contribution in [0.2, 0.25) is 0 Å². The van der Waals surface area contributed by atoms with Crippen molar-refractivity contribution in [2.24, 2.45) is 0 Å². The smallest absolute Gasteiger partial charge is 0.338 e. The topological polar surface area (TPSA) is 65.0 Å². The van der Waals surface area contributed by atoms with Gasteiger partial charge in [-0.15, -0.1) is 0 Å². The molecule has 2 aliphatic heterocycles. The fourth-order valence-corrected chi connectivity index (χ4v) is 2.84. The quantitative estimate of drug-likeness (QED) is 0.656. The first-order chi connectivity index (χ1) is 7.74. The molecular weight excluding hydrogens is 212 g/mol. The van der Waals surface area contributed by atoms with Crippen LogP contribution in [0.1, 0.15) is 32.1 Å². The van der Waals surface area contributed by atoms with Gasteiger partial charge in [0, 0.05) is 12.8 Å². The second kappa shape index (κ2) is 3.68. The molecule has 0 aromatic carbocycles. The molecule has 1 N–H and O–H groups in total. The van der Waals surface area contributed by atoms with Crippen LogP contribution in [-0.4, -0.2) is 41.8 Å². The van der Waals surface area contributed by atoms with Gasteiger partial charge in [0.1, 0.15) is 6.10 Å². The molecule has 3 fully saturated rings. The monoisotopic (exact) mass is 228 g/mol. The highest BCUT2D eigenvalue weighted by Gasteiger charge is 2.58. The third kappa shape index (κ3) is 1.46. The summed E-state index contributed by atoms with van der Waals surface area (Å²) in [6.45, 7) is -0.202. The highest BCUT2D eigenvalue weighted by Crippen LogP contribution is 2.44. The Balaban J connectivity index is 1.78. The standard InChI is InChI=1S/C11H16O5/c12-6-7-8-9(10(13)14-7)16-11(15-8)4-2-1-3-5-11/h7-9,12H,1-6H2/t7-,8-,9-/m0/s1. The van der Waals surface area contributed by atoms with Crippen LogP contribution in [0.5, 0.6) is 0 Å². The molecule has 3 aliphatic rings. The number of cyclic esters (lactones) is 1.